The van der Waals surface area contributed by atoms with E-state index in [4.69, 9.17) is 4.74 Å². The predicted octanol–water partition coefficient (Wildman–Crippen LogP) is 5.28. The van der Waals surface area contributed by atoms with E-state index >= 15 is 0 Å². The molecule has 6 rings (SSSR count). The highest BCUT2D eigenvalue weighted by Crippen LogP contribution is 2.40. The van der Waals surface area contributed by atoms with Crippen LogP contribution in [0.25, 0.3) is 0 Å². The fourth-order valence-electron chi connectivity index (χ4n) is 6.24. The van der Waals surface area contributed by atoms with E-state index in [0.29, 0.717) is 18.1 Å². The fraction of sp³-hybridized carbons (Fsp3) is 0.500. The molecule has 7 nitrogen and oxygen atoms in total. The van der Waals surface area contributed by atoms with Gasteiger partial charge in [-0.1, -0.05) is 30.7 Å². The summed E-state index contributed by atoms with van der Waals surface area (Å²) in [6, 6.07) is 12.7. The van der Waals surface area contributed by atoms with Gasteiger partial charge in [0.05, 0.1) is 5.56 Å². The van der Waals surface area contributed by atoms with Crippen molar-refractivity contribution in [2.75, 3.05) is 32.8 Å². The topological polar surface area (TPSA) is 71.5 Å². The molecule has 39 heavy (non-hydrogen) atoms. The molecular weight excluding hydrogens is 486 g/mol. The standard InChI is InChI=1S/C32H39N5O2/c38-31(28-21-34-30(35-22-28)27-10-11-27)37-16-13-32(14-17-37)12-4-3-8-26-7-1-2-9-29(26)39-19-18-36(24-32)23-25-6-5-15-33-20-25/h1-2,5-7,9,15,20-22,27H,3-4,8,10-14,16-19,23-24H2. The Labute approximate surface area is 231 Å². The van der Waals surface area contributed by atoms with Crippen molar-refractivity contribution in [3.8, 4) is 5.75 Å². The average molecular weight is 526 g/mol. The number of para-hydroxylation sites is 1. The summed E-state index contributed by atoms with van der Waals surface area (Å²) in [4.78, 5) is 31.2. The number of hydrogen-bond acceptors (Lipinski definition) is 6. The van der Waals surface area contributed by atoms with Gasteiger partial charge in [0.25, 0.3) is 5.91 Å². The van der Waals surface area contributed by atoms with Crippen LogP contribution in [0.5, 0.6) is 5.75 Å². The van der Waals surface area contributed by atoms with E-state index in [2.05, 4.69) is 50.2 Å². The van der Waals surface area contributed by atoms with Crippen molar-refractivity contribution in [2.45, 2.75) is 63.8 Å². The molecule has 0 bridgehead atoms. The number of aromatic nitrogens is 3. The Balaban J connectivity index is 1.16. The van der Waals surface area contributed by atoms with Crippen molar-refractivity contribution >= 4 is 5.91 Å². The molecule has 1 spiro atoms. The van der Waals surface area contributed by atoms with Crippen molar-refractivity contribution in [2.24, 2.45) is 5.41 Å². The molecule has 2 aromatic heterocycles. The second-order valence-corrected chi connectivity index (χ2v) is 11.6. The fourth-order valence-corrected chi connectivity index (χ4v) is 6.24. The van der Waals surface area contributed by atoms with E-state index in [9.17, 15) is 4.79 Å². The summed E-state index contributed by atoms with van der Waals surface area (Å²) in [6.07, 6.45) is 16.2. The van der Waals surface area contributed by atoms with Crippen molar-refractivity contribution < 1.29 is 9.53 Å². The number of fused-ring (bicyclic) bond motifs is 1. The highest BCUT2D eigenvalue weighted by molar-refractivity contribution is 5.93. The van der Waals surface area contributed by atoms with Crippen LogP contribution >= 0.6 is 0 Å². The molecule has 204 valence electrons. The number of amides is 1. The van der Waals surface area contributed by atoms with Crippen LogP contribution in [-0.2, 0) is 13.0 Å². The molecule has 3 aliphatic rings. The van der Waals surface area contributed by atoms with Crippen molar-refractivity contribution in [3.05, 3.63) is 83.7 Å². The molecule has 0 unspecified atom stereocenters. The number of aryl methyl sites for hydroxylation is 1. The Morgan fingerprint density at radius 2 is 1.77 bits per heavy atom. The highest BCUT2D eigenvalue weighted by Gasteiger charge is 2.37. The van der Waals surface area contributed by atoms with E-state index in [1.54, 1.807) is 12.4 Å². The Morgan fingerprint density at radius 1 is 0.949 bits per heavy atom. The maximum absolute atomic E-state index is 13.3. The third-order valence-electron chi connectivity index (χ3n) is 8.70. The minimum absolute atomic E-state index is 0.0672. The van der Waals surface area contributed by atoms with Crippen molar-refractivity contribution in [3.63, 3.8) is 0 Å². The quantitative estimate of drug-likeness (QED) is 0.462. The lowest BCUT2D eigenvalue weighted by Gasteiger charge is -2.45. The molecule has 7 heteroatoms. The number of ether oxygens (including phenoxy) is 1. The van der Waals surface area contributed by atoms with Crippen LogP contribution in [0.4, 0.5) is 0 Å². The number of hydrogen-bond donors (Lipinski definition) is 0. The summed E-state index contributed by atoms with van der Waals surface area (Å²) in [5, 5.41) is 0. The van der Waals surface area contributed by atoms with E-state index < -0.39 is 0 Å². The lowest BCUT2D eigenvalue weighted by atomic mass is 9.73. The second-order valence-electron chi connectivity index (χ2n) is 11.6. The molecule has 0 atom stereocenters. The molecule has 1 saturated carbocycles. The Bertz CT molecular complexity index is 1240. The molecule has 1 saturated heterocycles. The zero-order valence-corrected chi connectivity index (χ0v) is 22.8. The maximum atomic E-state index is 13.3. The lowest BCUT2D eigenvalue weighted by Crippen LogP contribution is -2.48. The largest absolute Gasteiger partial charge is 0.492 e. The van der Waals surface area contributed by atoms with Crippen LogP contribution in [0, 0.1) is 5.41 Å². The van der Waals surface area contributed by atoms with Crippen LogP contribution in [0.3, 0.4) is 0 Å². The molecule has 1 aromatic carbocycles. The second kappa shape index (κ2) is 11.8. The van der Waals surface area contributed by atoms with E-state index in [1.165, 1.54) is 24.0 Å². The van der Waals surface area contributed by atoms with E-state index in [1.807, 2.05) is 23.4 Å². The van der Waals surface area contributed by atoms with Crippen LogP contribution in [0.2, 0.25) is 0 Å². The Morgan fingerprint density at radius 3 is 2.54 bits per heavy atom. The van der Waals surface area contributed by atoms with Crippen LogP contribution < -0.4 is 4.74 Å². The molecule has 3 aromatic rings. The number of benzene rings is 1. The zero-order valence-electron chi connectivity index (χ0n) is 22.8. The molecule has 2 aliphatic heterocycles. The SMILES string of the molecule is O=C(c1cnc(C2CC2)nc1)N1CCC2(CCCCc3ccccc3OCCN(Cc3cccnc3)C2)CC1. The van der Waals surface area contributed by atoms with Gasteiger partial charge in [-0.3, -0.25) is 14.7 Å². The maximum Gasteiger partial charge on any atom is 0.256 e. The highest BCUT2D eigenvalue weighted by atomic mass is 16.5. The van der Waals surface area contributed by atoms with E-state index in [0.717, 1.165) is 82.8 Å². The molecular formula is C32H39N5O2. The summed E-state index contributed by atoms with van der Waals surface area (Å²) in [7, 11) is 0. The number of likely N-dealkylation sites (tertiary alicyclic amines) is 1. The lowest BCUT2D eigenvalue weighted by molar-refractivity contribution is 0.0360. The van der Waals surface area contributed by atoms with Crippen LogP contribution in [0.15, 0.2) is 61.2 Å². The predicted molar refractivity (Wildman–Crippen MR) is 151 cm³/mol. The number of carbonyl (C=O) groups excluding carboxylic acids is 1. The van der Waals surface area contributed by atoms with Gasteiger partial charge in [0.15, 0.2) is 0 Å². The first kappa shape index (κ1) is 25.9. The Kier molecular flexibility index (Phi) is 7.86. The third-order valence-corrected chi connectivity index (χ3v) is 8.70. The first-order valence-electron chi connectivity index (χ1n) is 14.6. The zero-order chi connectivity index (χ0) is 26.5. The van der Waals surface area contributed by atoms with Gasteiger partial charge in [0, 0.05) is 63.4 Å². The van der Waals surface area contributed by atoms with E-state index in [-0.39, 0.29) is 11.3 Å². The average Bonchev–Trinajstić information content (AvgIpc) is 3.82. The number of pyridine rings is 1. The van der Waals surface area contributed by atoms with Gasteiger partial charge in [-0.15, -0.1) is 0 Å². The molecule has 2 fully saturated rings. The van der Waals surface area contributed by atoms with Gasteiger partial charge in [-0.05, 0) is 73.6 Å². The number of piperidine rings is 1. The minimum atomic E-state index is 0.0672. The van der Waals surface area contributed by atoms with Crippen molar-refractivity contribution in [1.82, 2.24) is 24.8 Å². The smallest absolute Gasteiger partial charge is 0.256 e. The van der Waals surface area contributed by atoms with Gasteiger partial charge >= 0.3 is 0 Å². The number of rotatable bonds is 4. The summed E-state index contributed by atoms with van der Waals surface area (Å²) in [6.45, 7) is 4.95. The minimum Gasteiger partial charge on any atom is -0.492 e. The first-order chi connectivity index (χ1) is 19.2. The van der Waals surface area contributed by atoms with Gasteiger partial charge in [0.2, 0.25) is 0 Å². The van der Waals surface area contributed by atoms with Gasteiger partial charge in [-0.2, -0.15) is 0 Å². The van der Waals surface area contributed by atoms with Gasteiger partial charge in [0.1, 0.15) is 18.2 Å². The first-order valence-corrected chi connectivity index (χ1v) is 14.6. The van der Waals surface area contributed by atoms with Gasteiger partial charge < -0.3 is 9.64 Å². The third kappa shape index (κ3) is 6.47. The monoisotopic (exact) mass is 525 g/mol. The number of nitrogens with zero attached hydrogens (tertiary/aromatic N) is 5. The molecule has 4 heterocycles. The summed E-state index contributed by atoms with van der Waals surface area (Å²) in [5.74, 6) is 2.48. The number of carbonyl (C=O) groups is 1. The normalized spacial score (nSPS) is 20.4. The molecule has 1 aliphatic carbocycles. The summed E-state index contributed by atoms with van der Waals surface area (Å²) < 4.78 is 6.31. The molecule has 0 N–H and O–H groups in total. The van der Waals surface area contributed by atoms with Crippen LogP contribution in [0.1, 0.15) is 78.2 Å². The summed E-state index contributed by atoms with van der Waals surface area (Å²) in [5.41, 5.74) is 3.33. The van der Waals surface area contributed by atoms with Crippen molar-refractivity contribution in [1.29, 1.82) is 0 Å². The Hall–Kier alpha value is -3.32. The molecule has 1 amide bonds. The summed E-state index contributed by atoms with van der Waals surface area (Å²) >= 11 is 0. The van der Waals surface area contributed by atoms with Crippen LogP contribution in [-0.4, -0.2) is 63.4 Å². The molecule has 0 radical (unpaired) electrons. The van der Waals surface area contributed by atoms with Gasteiger partial charge in [-0.25, -0.2) is 9.97 Å².